The van der Waals surface area contributed by atoms with Crippen LogP contribution in [-0.2, 0) is 6.42 Å². The summed E-state index contributed by atoms with van der Waals surface area (Å²) in [6.07, 6.45) is 7.21. The van der Waals surface area contributed by atoms with E-state index in [1.807, 2.05) is 12.1 Å². The Balaban J connectivity index is 2.24. The lowest BCUT2D eigenvalue weighted by Crippen LogP contribution is -2.41. The van der Waals surface area contributed by atoms with Crippen LogP contribution >= 0.6 is 15.9 Å². The third kappa shape index (κ3) is 3.76. The zero-order valence-electron chi connectivity index (χ0n) is 10.9. The predicted molar refractivity (Wildman–Crippen MR) is 79.1 cm³/mol. The Morgan fingerprint density at radius 3 is 2.47 bits per heavy atom. The average Bonchev–Trinajstić information content (AvgIpc) is 2.56. The number of nitro groups is 1. The minimum atomic E-state index is -0.319. The van der Waals surface area contributed by atoms with Crippen molar-refractivity contribution in [2.45, 2.75) is 50.5 Å². The molecule has 1 saturated carbocycles. The molecular formula is C14H19BrN2O2. The Labute approximate surface area is 121 Å². The second-order valence-electron chi connectivity index (χ2n) is 5.48. The second-order valence-corrected chi connectivity index (χ2v) is 6.40. The molecule has 0 atom stereocenters. The lowest BCUT2D eigenvalue weighted by Gasteiger charge is -2.28. The zero-order valence-corrected chi connectivity index (χ0v) is 12.5. The van der Waals surface area contributed by atoms with Gasteiger partial charge >= 0.3 is 0 Å². The maximum Gasteiger partial charge on any atom is 0.273 e. The molecule has 104 valence electrons. The van der Waals surface area contributed by atoms with Crippen molar-refractivity contribution in [1.29, 1.82) is 0 Å². The van der Waals surface area contributed by atoms with Crippen molar-refractivity contribution in [2.24, 2.45) is 5.73 Å². The largest absolute Gasteiger partial charge is 0.325 e. The summed E-state index contributed by atoms with van der Waals surface area (Å²) >= 11 is 3.28. The molecule has 1 aliphatic rings. The summed E-state index contributed by atoms with van der Waals surface area (Å²) in [5, 5.41) is 11.1. The highest BCUT2D eigenvalue weighted by Gasteiger charge is 2.29. The molecule has 0 bridgehead atoms. The van der Waals surface area contributed by atoms with Crippen molar-refractivity contribution in [3.8, 4) is 0 Å². The summed E-state index contributed by atoms with van der Waals surface area (Å²) in [6, 6.07) is 5.24. The van der Waals surface area contributed by atoms with Crippen LogP contribution < -0.4 is 5.73 Å². The third-order valence-electron chi connectivity index (χ3n) is 3.89. The number of hydrogen-bond acceptors (Lipinski definition) is 3. The molecule has 1 aromatic carbocycles. The third-order valence-corrected chi connectivity index (χ3v) is 4.38. The summed E-state index contributed by atoms with van der Waals surface area (Å²) < 4.78 is 0.731. The van der Waals surface area contributed by atoms with Gasteiger partial charge in [0, 0.05) is 21.6 Å². The van der Waals surface area contributed by atoms with Gasteiger partial charge in [-0.15, -0.1) is 0 Å². The quantitative estimate of drug-likeness (QED) is 0.519. The first-order chi connectivity index (χ1) is 9.00. The first-order valence-electron chi connectivity index (χ1n) is 6.72. The Morgan fingerprint density at radius 2 is 1.89 bits per heavy atom. The Morgan fingerprint density at radius 1 is 1.26 bits per heavy atom. The molecule has 0 unspecified atom stereocenters. The molecule has 0 aliphatic heterocycles. The van der Waals surface area contributed by atoms with Gasteiger partial charge in [-0.2, -0.15) is 0 Å². The standard InChI is InChI=1S/C14H19BrN2O2/c15-12-6-5-11(13(9-12)17(18)19)10-14(16)7-3-1-2-4-8-14/h5-6,9H,1-4,7-8,10,16H2. The van der Waals surface area contributed by atoms with Gasteiger partial charge in [0.1, 0.15) is 0 Å². The molecule has 19 heavy (non-hydrogen) atoms. The lowest BCUT2D eigenvalue weighted by atomic mass is 9.84. The van der Waals surface area contributed by atoms with Crippen molar-refractivity contribution in [3.63, 3.8) is 0 Å². The average molecular weight is 327 g/mol. The molecule has 0 radical (unpaired) electrons. The molecule has 0 heterocycles. The topological polar surface area (TPSA) is 69.2 Å². The normalized spacial score (nSPS) is 18.8. The van der Waals surface area contributed by atoms with Gasteiger partial charge in [-0.05, 0) is 25.3 Å². The number of benzene rings is 1. The molecule has 0 saturated heterocycles. The van der Waals surface area contributed by atoms with Crippen molar-refractivity contribution in [1.82, 2.24) is 0 Å². The fraction of sp³-hybridized carbons (Fsp3) is 0.571. The highest BCUT2D eigenvalue weighted by atomic mass is 79.9. The van der Waals surface area contributed by atoms with Crippen LogP contribution in [0.25, 0.3) is 0 Å². The minimum absolute atomic E-state index is 0.170. The summed E-state index contributed by atoms with van der Waals surface area (Å²) in [5.74, 6) is 0. The highest BCUT2D eigenvalue weighted by Crippen LogP contribution is 2.32. The van der Waals surface area contributed by atoms with Crippen LogP contribution in [0, 0.1) is 10.1 Å². The van der Waals surface area contributed by atoms with Crippen LogP contribution in [-0.4, -0.2) is 10.5 Å². The number of hydrogen-bond donors (Lipinski definition) is 1. The van der Waals surface area contributed by atoms with Gasteiger partial charge < -0.3 is 5.73 Å². The molecule has 1 aromatic rings. The fourth-order valence-corrected chi connectivity index (χ4v) is 3.19. The molecule has 5 heteroatoms. The van der Waals surface area contributed by atoms with E-state index in [0.717, 1.165) is 35.7 Å². The summed E-state index contributed by atoms with van der Waals surface area (Å²) in [7, 11) is 0. The van der Waals surface area contributed by atoms with Gasteiger partial charge in [0.2, 0.25) is 0 Å². The molecular weight excluding hydrogens is 308 g/mol. The summed E-state index contributed by atoms with van der Waals surface area (Å²) in [4.78, 5) is 10.8. The summed E-state index contributed by atoms with van der Waals surface area (Å²) in [6.45, 7) is 0. The molecule has 1 fully saturated rings. The summed E-state index contributed by atoms with van der Waals surface area (Å²) in [5.41, 5.74) is 7.10. The number of rotatable bonds is 3. The van der Waals surface area contributed by atoms with E-state index < -0.39 is 0 Å². The predicted octanol–water partition coefficient (Wildman–Crippen LogP) is 3.95. The number of halogens is 1. The number of nitro benzene ring substituents is 1. The van der Waals surface area contributed by atoms with Gasteiger partial charge in [-0.25, -0.2) is 0 Å². The maximum absolute atomic E-state index is 11.1. The second kappa shape index (κ2) is 6.01. The van der Waals surface area contributed by atoms with Crippen LogP contribution in [0.3, 0.4) is 0 Å². The van der Waals surface area contributed by atoms with Crippen molar-refractivity contribution < 1.29 is 4.92 Å². The van der Waals surface area contributed by atoms with E-state index in [9.17, 15) is 10.1 Å². The molecule has 2 rings (SSSR count). The van der Waals surface area contributed by atoms with Gasteiger partial charge in [0.15, 0.2) is 0 Å². The SMILES string of the molecule is NC1(Cc2ccc(Br)cc2[N+](=O)[O-])CCCCCC1. The first-order valence-corrected chi connectivity index (χ1v) is 7.51. The van der Waals surface area contributed by atoms with Crippen molar-refractivity contribution in [2.75, 3.05) is 0 Å². The van der Waals surface area contributed by atoms with Crippen molar-refractivity contribution in [3.05, 3.63) is 38.3 Å². The molecule has 0 spiro atoms. The molecule has 0 aromatic heterocycles. The molecule has 2 N–H and O–H groups in total. The maximum atomic E-state index is 11.1. The van der Waals surface area contributed by atoms with Crippen LogP contribution in [0.15, 0.2) is 22.7 Å². The van der Waals surface area contributed by atoms with E-state index in [1.165, 1.54) is 12.8 Å². The van der Waals surface area contributed by atoms with Crippen LogP contribution in [0.2, 0.25) is 0 Å². The number of nitrogens with zero attached hydrogens (tertiary/aromatic N) is 1. The van der Waals surface area contributed by atoms with Crippen molar-refractivity contribution >= 4 is 21.6 Å². The molecule has 1 aliphatic carbocycles. The van der Waals surface area contributed by atoms with E-state index in [0.29, 0.717) is 6.42 Å². The highest BCUT2D eigenvalue weighted by molar-refractivity contribution is 9.10. The number of nitrogens with two attached hydrogens (primary N) is 1. The van der Waals surface area contributed by atoms with Gasteiger partial charge in [-0.3, -0.25) is 10.1 Å². The van der Waals surface area contributed by atoms with Crippen LogP contribution in [0.5, 0.6) is 0 Å². The lowest BCUT2D eigenvalue weighted by molar-refractivity contribution is -0.385. The first kappa shape index (κ1) is 14.5. The Hall–Kier alpha value is -0.940. The van der Waals surface area contributed by atoms with E-state index >= 15 is 0 Å². The van der Waals surface area contributed by atoms with Crippen LogP contribution in [0.4, 0.5) is 5.69 Å². The van der Waals surface area contributed by atoms with E-state index in [1.54, 1.807) is 6.07 Å². The van der Waals surface area contributed by atoms with E-state index in [2.05, 4.69) is 15.9 Å². The monoisotopic (exact) mass is 326 g/mol. The van der Waals surface area contributed by atoms with E-state index in [-0.39, 0.29) is 16.1 Å². The Kier molecular flexibility index (Phi) is 4.58. The molecule has 0 amide bonds. The smallest absolute Gasteiger partial charge is 0.273 e. The van der Waals surface area contributed by atoms with Gasteiger partial charge in [-0.1, -0.05) is 47.7 Å². The molecule has 4 nitrogen and oxygen atoms in total. The van der Waals surface area contributed by atoms with Crippen LogP contribution in [0.1, 0.15) is 44.1 Å². The fourth-order valence-electron chi connectivity index (χ4n) is 2.85. The Bertz CT molecular complexity index is 469. The van der Waals surface area contributed by atoms with Gasteiger partial charge in [0.05, 0.1) is 4.92 Å². The minimum Gasteiger partial charge on any atom is -0.325 e. The van der Waals surface area contributed by atoms with Gasteiger partial charge in [0.25, 0.3) is 5.69 Å². The van der Waals surface area contributed by atoms with E-state index in [4.69, 9.17) is 5.73 Å². The zero-order chi connectivity index (χ0) is 13.9.